The predicted octanol–water partition coefficient (Wildman–Crippen LogP) is 2.14. The summed E-state index contributed by atoms with van der Waals surface area (Å²) in [6.07, 6.45) is 6.16. The Morgan fingerprint density at radius 1 is 1.28 bits per heavy atom. The Labute approximate surface area is 108 Å². The van der Waals surface area contributed by atoms with Crippen molar-refractivity contribution < 1.29 is 4.79 Å². The van der Waals surface area contributed by atoms with E-state index >= 15 is 0 Å². The van der Waals surface area contributed by atoms with E-state index in [1.807, 2.05) is 13.1 Å². The fourth-order valence-corrected chi connectivity index (χ4v) is 2.71. The molecule has 0 bridgehead atoms. The van der Waals surface area contributed by atoms with Gasteiger partial charge in [-0.05, 0) is 31.0 Å². The molecule has 1 aliphatic rings. The Kier molecular flexibility index (Phi) is 3.75. The number of nitrogens with zero attached hydrogens (tertiary/aromatic N) is 1. The van der Waals surface area contributed by atoms with Crippen LogP contribution >= 0.6 is 0 Å². The van der Waals surface area contributed by atoms with E-state index in [0.717, 1.165) is 5.69 Å². The molecule has 0 atom stereocenters. The second kappa shape index (κ2) is 5.29. The lowest BCUT2D eigenvalue weighted by Gasteiger charge is -2.34. The highest BCUT2D eigenvalue weighted by molar-refractivity contribution is 5.99. The number of hydrogen-bond donors (Lipinski definition) is 2. The molecule has 0 heterocycles. The largest absolute Gasteiger partial charge is 0.399 e. The van der Waals surface area contributed by atoms with Gasteiger partial charge in [0, 0.05) is 18.8 Å². The van der Waals surface area contributed by atoms with Gasteiger partial charge in [0.05, 0.1) is 11.3 Å². The lowest BCUT2D eigenvalue weighted by atomic mass is 9.93. The predicted molar refractivity (Wildman–Crippen MR) is 74.6 cm³/mol. The van der Waals surface area contributed by atoms with Crippen molar-refractivity contribution in [2.24, 2.45) is 5.73 Å². The fraction of sp³-hybridized carbons (Fsp3) is 0.500. The summed E-state index contributed by atoms with van der Waals surface area (Å²) in [5, 5.41) is 0. The summed E-state index contributed by atoms with van der Waals surface area (Å²) in [7, 11) is 2.02. The summed E-state index contributed by atoms with van der Waals surface area (Å²) in [6, 6.07) is 5.76. The Bertz CT molecular complexity index is 439. The number of amides is 1. The van der Waals surface area contributed by atoms with Crippen molar-refractivity contribution in [2.75, 3.05) is 17.7 Å². The molecule has 0 aliphatic heterocycles. The molecule has 1 saturated carbocycles. The topological polar surface area (TPSA) is 72.3 Å². The maximum absolute atomic E-state index is 11.5. The molecule has 4 N–H and O–H groups in total. The third kappa shape index (κ3) is 2.58. The number of primary amides is 1. The van der Waals surface area contributed by atoms with E-state index in [-0.39, 0.29) is 0 Å². The SMILES string of the molecule is CN(c1cc(N)ccc1C(N)=O)C1CCCCC1. The van der Waals surface area contributed by atoms with Gasteiger partial charge in [0.15, 0.2) is 0 Å². The van der Waals surface area contributed by atoms with Crippen molar-refractivity contribution >= 4 is 17.3 Å². The maximum Gasteiger partial charge on any atom is 0.250 e. The second-order valence-electron chi connectivity index (χ2n) is 5.04. The third-order valence-corrected chi connectivity index (χ3v) is 3.79. The summed E-state index contributed by atoms with van der Waals surface area (Å²) in [6.45, 7) is 0. The molecule has 1 aromatic rings. The normalized spacial score (nSPS) is 16.5. The molecule has 1 amide bonds. The van der Waals surface area contributed by atoms with E-state index in [2.05, 4.69) is 4.90 Å². The van der Waals surface area contributed by atoms with E-state index in [4.69, 9.17) is 11.5 Å². The summed E-state index contributed by atoms with van der Waals surface area (Å²) in [4.78, 5) is 13.6. The van der Waals surface area contributed by atoms with Crippen LogP contribution in [-0.4, -0.2) is 19.0 Å². The van der Waals surface area contributed by atoms with Gasteiger partial charge in [-0.2, -0.15) is 0 Å². The number of hydrogen-bond acceptors (Lipinski definition) is 3. The molecular weight excluding hydrogens is 226 g/mol. The first-order chi connectivity index (χ1) is 8.59. The second-order valence-corrected chi connectivity index (χ2v) is 5.04. The molecule has 4 heteroatoms. The average Bonchev–Trinajstić information content (AvgIpc) is 2.38. The number of benzene rings is 1. The van der Waals surface area contributed by atoms with Crippen LogP contribution in [0.1, 0.15) is 42.5 Å². The first kappa shape index (κ1) is 12.7. The number of carbonyl (C=O) groups is 1. The zero-order chi connectivity index (χ0) is 13.1. The molecule has 0 spiro atoms. The first-order valence-corrected chi connectivity index (χ1v) is 6.52. The lowest BCUT2D eigenvalue weighted by molar-refractivity contribution is 0.100. The van der Waals surface area contributed by atoms with Crippen LogP contribution in [-0.2, 0) is 0 Å². The highest BCUT2D eigenvalue weighted by Crippen LogP contribution is 2.29. The standard InChI is InChI=1S/C14H21N3O/c1-17(11-5-3-2-4-6-11)13-9-10(15)7-8-12(13)14(16)18/h7-9,11H,2-6,15H2,1H3,(H2,16,18). The minimum Gasteiger partial charge on any atom is -0.399 e. The van der Waals surface area contributed by atoms with Gasteiger partial charge in [0.2, 0.25) is 0 Å². The summed E-state index contributed by atoms with van der Waals surface area (Å²) in [5.74, 6) is -0.396. The minimum atomic E-state index is -0.396. The highest BCUT2D eigenvalue weighted by atomic mass is 16.1. The minimum absolute atomic E-state index is 0.396. The maximum atomic E-state index is 11.5. The highest BCUT2D eigenvalue weighted by Gasteiger charge is 2.21. The van der Waals surface area contributed by atoms with Crippen molar-refractivity contribution in [2.45, 2.75) is 38.1 Å². The molecule has 98 valence electrons. The molecule has 2 rings (SSSR count). The zero-order valence-electron chi connectivity index (χ0n) is 10.9. The van der Waals surface area contributed by atoms with Crippen LogP contribution in [0, 0.1) is 0 Å². The Morgan fingerprint density at radius 2 is 1.94 bits per heavy atom. The molecule has 0 saturated heterocycles. The molecule has 1 fully saturated rings. The molecule has 18 heavy (non-hydrogen) atoms. The van der Waals surface area contributed by atoms with Gasteiger partial charge in [-0.25, -0.2) is 0 Å². The summed E-state index contributed by atoms with van der Waals surface area (Å²) in [5.41, 5.74) is 13.3. The molecule has 4 nitrogen and oxygen atoms in total. The van der Waals surface area contributed by atoms with Gasteiger partial charge in [-0.1, -0.05) is 19.3 Å². The number of carbonyl (C=O) groups excluding carboxylic acids is 1. The van der Waals surface area contributed by atoms with Crippen molar-refractivity contribution in [3.63, 3.8) is 0 Å². The van der Waals surface area contributed by atoms with Gasteiger partial charge in [0.1, 0.15) is 0 Å². The van der Waals surface area contributed by atoms with Gasteiger partial charge in [0.25, 0.3) is 5.91 Å². The molecule has 1 aliphatic carbocycles. The van der Waals surface area contributed by atoms with Gasteiger partial charge in [-0.15, -0.1) is 0 Å². The van der Waals surface area contributed by atoms with Crippen molar-refractivity contribution in [3.8, 4) is 0 Å². The average molecular weight is 247 g/mol. The Hall–Kier alpha value is -1.71. The number of rotatable bonds is 3. The van der Waals surface area contributed by atoms with Gasteiger partial charge < -0.3 is 16.4 Å². The monoisotopic (exact) mass is 247 g/mol. The molecule has 0 aromatic heterocycles. The van der Waals surface area contributed by atoms with Crippen LogP contribution in [0.4, 0.5) is 11.4 Å². The third-order valence-electron chi connectivity index (χ3n) is 3.79. The van der Waals surface area contributed by atoms with Gasteiger partial charge >= 0.3 is 0 Å². The van der Waals surface area contributed by atoms with E-state index in [0.29, 0.717) is 17.3 Å². The van der Waals surface area contributed by atoms with Crippen LogP contribution in [0.3, 0.4) is 0 Å². The van der Waals surface area contributed by atoms with E-state index in [1.54, 1.807) is 12.1 Å². The molecule has 1 aromatic carbocycles. The van der Waals surface area contributed by atoms with Crippen molar-refractivity contribution in [1.29, 1.82) is 0 Å². The lowest BCUT2D eigenvalue weighted by Crippen LogP contribution is -2.34. The molecule has 0 unspecified atom stereocenters. The van der Waals surface area contributed by atoms with Crippen LogP contribution in [0.5, 0.6) is 0 Å². The van der Waals surface area contributed by atoms with Crippen molar-refractivity contribution in [1.82, 2.24) is 0 Å². The summed E-state index contributed by atoms with van der Waals surface area (Å²) >= 11 is 0. The Morgan fingerprint density at radius 3 is 2.56 bits per heavy atom. The zero-order valence-corrected chi connectivity index (χ0v) is 10.9. The smallest absolute Gasteiger partial charge is 0.250 e. The van der Waals surface area contributed by atoms with Crippen LogP contribution in [0.15, 0.2) is 18.2 Å². The van der Waals surface area contributed by atoms with Crippen molar-refractivity contribution in [3.05, 3.63) is 23.8 Å². The van der Waals surface area contributed by atoms with E-state index in [1.165, 1.54) is 32.1 Å². The van der Waals surface area contributed by atoms with Gasteiger partial charge in [-0.3, -0.25) is 4.79 Å². The van der Waals surface area contributed by atoms with E-state index < -0.39 is 5.91 Å². The quantitative estimate of drug-likeness (QED) is 0.804. The van der Waals surface area contributed by atoms with Crippen LogP contribution < -0.4 is 16.4 Å². The van der Waals surface area contributed by atoms with Crippen LogP contribution in [0.2, 0.25) is 0 Å². The Balaban J connectivity index is 2.30. The fourth-order valence-electron chi connectivity index (χ4n) is 2.71. The number of anilines is 2. The number of nitrogens with two attached hydrogens (primary N) is 2. The van der Waals surface area contributed by atoms with Crippen LogP contribution in [0.25, 0.3) is 0 Å². The molecular formula is C14H21N3O. The van der Waals surface area contributed by atoms with E-state index in [9.17, 15) is 4.79 Å². The summed E-state index contributed by atoms with van der Waals surface area (Å²) < 4.78 is 0. The first-order valence-electron chi connectivity index (χ1n) is 6.52. The number of nitrogen functional groups attached to an aromatic ring is 1. The molecule has 0 radical (unpaired) electrons.